The topological polar surface area (TPSA) is 81.1 Å². The number of aromatic nitrogens is 2. The Morgan fingerprint density at radius 2 is 2.06 bits per heavy atom. The zero-order valence-electron chi connectivity index (χ0n) is 10.8. The molecule has 0 amide bonds. The van der Waals surface area contributed by atoms with Gasteiger partial charge >= 0.3 is 0 Å². The fraction of sp³-hybridized carbons (Fsp3) is 0.667. The highest BCUT2D eigenvalue weighted by Gasteiger charge is 2.23. The first-order valence-electron chi connectivity index (χ1n) is 6.02. The average molecular weight is 235 g/mol. The third kappa shape index (κ3) is 2.66. The normalized spacial score (nSPS) is 20.9. The van der Waals surface area contributed by atoms with Crippen LogP contribution in [0.3, 0.4) is 0 Å². The van der Waals surface area contributed by atoms with E-state index in [-0.39, 0.29) is 11.5 Å². The smallest absolute Gasteiger partial charge is 0.222 e. The first kappa shape index (κ1) is 12.1. The van der Waals surface area contributed by atoms with Crippen LogP contribution in [0.15, 0.2) is 6.07 Å². The average Bonchev–Trinajstić information content (AvgIpc) is 2.62. The molecular weight excluding hydrogens is 214 g/mol. The van der Waals surface area contributed by atoms with Crippen molar-refractivity contribution in [1.82, 2.24) is 9.97 Å². The summed E-state index contributed by atoms with van der Waals surface area (Å²) in [7, 11) is 0. The highest BCUT2D eigenvalue weighted by Crippen LogP contribution is 2.25. The van der Waals surface area contributed by atoms with E-state index in [1.165, 1.54) is 0 Å². The van der Waals surface area contributed by atoms with Crippen LogP contribution in [0, 0.1) is 0 Å². The molecule has 2 heterocycles. The van der Waals surface area contributed by atoms with Crippen molar-refractivity contribution in [2.75, 3.05) is 23.7 Å². The van der Waals surface area contributed by atoms with Gasteiger partial charge in [-0.1, -0.05) is 20.8 Å². The number of hydrogen-bond acceptors (Lipinski definition) is 5. The number of anilines is 2. The van der Waals surface area contributed by atoms with Crippen molar-refractivity contribution in [1.29, 1.82) is 0 Å². The van der Waals surface area contributed by atoms with E-state index in [9.17, 15) is 0 Å². The molecule has 1 fully saturated rings. The first-order valence-corrected chi connectivity index (χ1v) is 6.02. The van der Waals surface area contributed by atoms with Gasteiger partial charge in [-0.05, 0) is 6.42 Å². The van der Waals surface area contributed by atoms with Gasteiger partial charge in [-0.15, -0.1) is 0 Å². The summed E-state index contributed by atoms with van der Waals surface area (Å²) < 4.78 is 0. The fourth-order valence-corrected chi connectivity index (χ4v) is 1.99. The zero-order chi connectivity index (χ0) is 12.6. The lowest BCUT2D eigenvalue weighted by atomic mass is 9.92. The standard InChI is InChI=1S/C12H21N5/c1-12(2,3)9-6-10(16-11(14)15-9)17-5-4-8(13)7-17/h6,8H,4-5,7,13H2,1-3H3,(H2,14,15,16)/t8-/m1/s1. The molecule has 1 atom stereocenters. The maximum atomic E-state index is 5.91. The zero-order valence-corrected chi connectivity index (χ0v) is 10.8. The van der Waals surface area contributed by atoms with Gasteiger partial charge in [-0.25, -0.2) is 4.98 Å². The van der Waals surface area contributed by atoms with Crippen molar-refractivity contribution in [2.24, 2.45) is 5.73 Å². The number of nitrogen functional groups attached to an aromatic ring is 1. The molecule has 0 aromatic carbocycles. The summed E-state index contributed by atoms with van der Waals surface area (Å²) in [4.78, 5) is 10.8. The summed E-state index contributed by atoms with van der Waals surface area (Å²) in [6.45, 7) is 8.15. The molecule has 1 aliphatic rings. The van der Waals surface area contributed by atoms with Crippen LogP contribution in [-0.4, -0.2) is 29.1 Å². The van der Waals surface area contributed by atoms with Crippen LogP contribution in [0.1, 0.15) is 32.9 Å². The summed E-state index contributed by atoms with van der Waals surface area (Å²) in [5.41, 5.74) is 12.6. The van der Waals surface area contributed by atoms with Gasteiger partial charge in [0.2, 0.25) is 5.95 Å². The predicted molar refractivity (Wildman–Crippen MR) is 69.9 cm³/mol. The SMILES string of the molecule is CC(C)(C)c1cc(N2CC[C@@H](N)C2)nc(N)n1. The summed E-state index contributed by atoms with van der Waals surface area (Å²) >= 11 is 0. The molecule has 0 saturated carbocycles. The minimum absolute atomic E-state index is 0.0202. The molecule has 0 bridgehead atoms. The molecular formula is C12H21N5. The van der Waals surface area contributed by atoms with Crippen molar-refractivity contribution >= 4 is 11.8 Å². The molecule has 2 rings (SSSR count). The third-order valence-electron chi connectivity index (χ3n) is 3.05. The van der Waals surface area contributed by atoms with Crippen molar-refractivity contribution in [3.63, 3.8) is 0 Å². The van der Waals surface area contributed by atoms with E-state index in [2.05, 4.69) is 35.6 Å². The van der Waals surface area contributed by atoms with E-state index in [0.717, 1.165) is 31.0 Å². The van der Waals surface area contributed by atoms with E-state index in [1.807, 2.05) is 6.07 Å². The molecule has 17 heavy (non-hydrogen) atoms. The second-order valence-corrected chi connectivity index (χ2v) is 5.71. The van der Waals surface area contributed by atoms with Crippen LogP contribution in [0.5, 0.6) is 0 Å². The highest BCUT2D eigenvalue weighted by atomic mass is 15.2. The second-order valence-electron chi connectivity index (χ2n) is 5.71. The Bertz CT molecular complexity index is 410. The van der Waals surface area contributed by atoms with E-state index in [0.29, 0.717) is 5.95 Å². The molecule has 4 N–H and O–H groups in total. The Hall–Kier alpha value is -1.36. The van der Waals surface area contributed by atoms with E-state index in [4.69, 9.17) is 11.5 Å². The van der Waals surface area contributed by atoms with Crippen molar-refractivity contribution < 1.29 is 0 Å². The van der Waals surface area contributed by atoms with Gasteiger partial charge in [0.15, 0.2) is 0 Å². The quantitative estimate of drug-likeness (QED) is 0.755. The van der Waals surface area contributed by atoms with Crippen LogP contribution in [0.2, 0.25) is 0 Å². The van der Waals surface area contributed by atoms with Gasteiger partial charge in [0.25, 0.3) is 0 Å². The van der Waals surface area contributed by atoms with Crippen LogP contribution in [0.4, 0.5) is 11.8 Å². The summed E-state index contributed by atoms with van der Waals surface area (Å²) in [5.74, 6) is 1.24. The molecule has 5 heteroatoms. The number of nitrogens with two attached hydrogens (primary N) is 2. The number of hydrogen-bond donors (Lipinski definition) is 2. The minimum atomic E-state index is -0.0202. The van der Waals surface area contributed by atoms with Crippen molar-refractivity contribution in [3.8, 4) is 0 Å². The van der Waals surface area contributed by atoms with E-state index >= 15 is 0 Å². The molecule has 0 unspecified atom stereocenters. The second kappa shape index (κ2) is 4.14. The van der Waals surface area contributed by atoms with Crippen molar-refractivity contribution in [2.45, 2.75) is 38.6 Å². The Kier molecular flexibility index (Phi) is 2.95. The van der Waals surface area contributed by atoms with E-state index in [1.54, 1.807) is 0 Å². The Morgan fingerprint density at radius 3 is 2.59 bits per heavy atom. The van der Waals surface area contributed by atoms with Gasteiger partial charge < -0.3 is 16.4 Å². The Morgan fingerprint density at radius 1 is 1.35 bits per heavy atom. The van der Waals surface area contributed by atoms with Gasteiger partial charge in [-0.3, -0.25) is 0 Å². The molecule has 1 aromatic heterocycles. The Balaban J connectivity index is 2.32. The van der Waals surface area contributed by atoms with Gasteiger partial charge in [-0.2, -0.15) is 4.98 Å². The van der Waals surface area contributed by atoms with E-state index < -0.39 is 0 Å². The number of rotatable bonds is 1. The van der Waals surface area contributed by atoms with Gasteiger partial charge in [0, 0.05) is 30.6 Å². The van der Waals surface area contributed by atoms with Crippen LogP contribution in [-0.2, 0) is 5.41 Å². The summed E-state index contributed by atoms with van der Waals surface area (Å²) in [6.07, 6.45) is 1.01. The lowest BCUT2D eigenvalue weighted by Crippen LogP contribution is -2.28. The molecule has 0 radical (unpaired) electrons. The molecule has 5 nitrogen and oxygen atoms in total. The molecule has 1 saturated heterocycles. The predicted octanol–water partition coefficient (Wildman–Crippen LogP) is 0.894. The van der Waals surface area contributed by atoms with Crippen molar-refractivity contribution in [3.05, 3.63) is 11.8 Å². The van der Waals surface area contributed by atoms with Gasteiger partial charge in [0.1, 0.15) is 5.82 Å². The molecule has 0 spiro atoms. The fourth-order valence-electron chi connectivity index (χ4n) is 1.99. The summed E-state index contributed by atoms with van der Waals surface area (Å²) in [5, 5.41) is 0. The molecule has 1 aliphatic heterocycles. The number of nitrogens with zero attached hydrogens (tertiary/aromatic N) is 3. The first-order chi connectivity index (χ1) is 7.86. The molecule has 94 valence electrons. The summed E-state index contributed by atoms with van der Waals surface area (Å²) in [6, 6.07) is 2.26. The Labute approximate surface area is 102 Å². The maximum Gasteiger partial charge on any atom is 0.222 e. The van der Waals surface area contributed by atoms with Crippen LogP contribution >= 0.6 is 0 Å². The maximum absolute atomic E-state index is 5.91. The van der Waals surface area contributed by atoms with Crippen LogP contribution in [0.25, 0.3) is 0 Å². The minimum Gasteiger partial charge on any atom is -0.368 e. The van der Waals surface area contributed by atoms with Gasteiger partial charge in [0.05, 0.1) is 5.69 Å². The molecule has 0 aliphatic carbocycles. The monoisotopic (exact) mass is 235 g/mol. The lowest BCUT2D eigenvalue weighted by molar-refractivity contribution is 0.568. The third-order valence-corrected chi connectivity index (χ3v) is 3.05. The van der Waals surface area contributed by atoms with Crippen LogP contribution < -0.4 is 16.4 Å². The highest BCUT2D eigenvalue weighted by molar-refractivity contribution is 5.46. The largest absolute Gasteiger partial charge is 0.368 e. The molecule has 1 aromatic rings. The lowest BCUT2D eigenvalue weighted by Gasteiger charge is -2.22.